The second kappa shape index (κ2) is 10.3. The normalized spacial score (nSPS) is 13.5. The number of aromatic nitrogens is 4. The van der Waals surface area contributed by atoms with E-state index in [0.29, 0.717) is 0 Å². The van der Waals surface area contributed by atoms with Gasteiger partial charge in [-0.25, -0.2) is 9.97 Å². The molecule has 0 aliphatic heterocycles. The van der Waals surface area contributed by atoms with Gasteiger partial charge in [0.1, 0.15) is 5.69 Å². The highest BCUT2D eigenvalue weighted by Gasteiger charge is 2.38. The Balaban J connectivity index is 1.33. The number of benzene rings is 7. The predicted molar refractivity (Wildman–Crippen MR) is 211 cm³/mol. The molecule has 1 aliphatic carbocycles. The van der Waals surface area contributed by atoms with Gasteiger partial charge in [0.15, 0.2) is 5.82 Å². The molecule has 0 amide bonds. The molecule has 0 N–H and O–H groups in total. The molecule has 0 bridgehead atoms. The van der Waals surface area contributed by atoms with Crippen molar-refractivity contribution >= 4 is 54.6 Å². The molecule has 4 nitrogen and oxygen atoms in total. The Morgan fingerprint density at radius 2 is 1.00 bits per heavy atom. The highest BCUT2D eigenvalue weighted by molar-refractivity contribution is 6.28. The zero-order chi connectivity index (χ0) is 33.8. The van der Waals surface area contributed by atoms with Crippen LogP contribution in [-0.4, -0.2) is 19.1 Å². The topological polar surface area (TPSA) is 35.6 Å². The van der Waals surface area contributed by atoms with E-state index in [4.69, 9.17) is 9.97 Å². The molecular weight excluding hydrogens is 621 g/mol. The second-order valence-electron chi connectivity index (χ2n) is 14.2. The molecule has 0 saturated heterocycles. The Kier molecular flexibility index (Phi) is 5.70. The summed E-state index contributed by atoms with van der Waals surface area (Å²) >= 11 is 0. The van der Waals surface area contributed by atoms with Crippen LogP contribution >= 0.6 is 0 Å². The fraction of sp³-hybridized carbons (Fsp3) is 0.0638. The Hall–Kier alpha value is -6.52. The van der Waals surface area contributed by atoms with Gasteiger partial charge in [-0.2, -0.15) is 0 Å². The summed E-state index contributed by atoms with van der Waals surface area (Å²) < 4.78 is 4.79. The molecule has 3 heterocycles. The van der Waals surface area contributed by atoms with E-state index < -0.39 is 0 Å². The van der Waals surface area contributed by atoms with Gasteiger partial charge in [0.2, 0.25) is 0 Å². The molecule has 51 heavy (non-hydrogen) atoms. The summed E-state index contributed by atoms with van der Waals surface area (Å²) in [5.41, 5.74) is 14.4. The van der Waals surface area contributed by atoms with Gasteiger partial charge in [-0.1, -0.05) is 123 Å². The first kappa shape index (κ1) is 28.3. The van der Waals surface area contributed by atoms with E-state index in [1.807, 2.05) is 0 Å². The van der Waals surface area contributed by atoms with Crippen LogP contribution in [0.3, 0.4) is 0 Å². The summed E-state index contributed by atoms with van der Waals surface area (Å²) in [5.74, 6) is 0.836. The summed E-state index contributed by atoms with van der Waals surface area (Å²) in [4.78, 5) is 11.0. The number of hydrogen-bond acceptors (Lipinski definition) is 2. The first-order chi connectivity index (χ1) is 25.1. The maximum Gasteiger partial charge on any atom is 0.165 e. The van der Waals surface area contributed by atoms with Gasteiger partial charge < -0.3 is 4.57 Å². The number of rotatable bonds is 3. The van der Waals surface area contributed by atoms with E-state index in [9.17, 15) is 0 Å². The summed E-state index contributed by atoms with van der Waals surface area (Å²) in [7, 11) is 0. The van der Waals surface area contributed by atoms with E-state index in [1.165, 1.54) is 49.3 Å². The highest BCUT2D eigenvalue weighted by atomic mass is 15.1. The lowest BCUT2D eigenvalue weighted by molar-refractivity contribution is 0.661. The van der Waals surface area contributed by atoms with E-state index in [-0.39, 0.29) is 5.41 Å². The van der Waals surface area contributed by atoms with Crippen molar-refractivity contribution in [3.8, 4) is 33.9 Å². The minimum Gasteiger partial charge on any atom is -0.309 e. The molecule has 0 spiro atoms. The van der Waals surface area contributed by atoms with Gasteiger partial charge >= 0.3 is 0 Å². The minimum absolute atomic E-state index is 0.213. The van der Waals surface area contributed by atoms with Gasteiger partial charge in [-0.05, 0) is 76.2 Å². The van der Waals surface area contributed by atoms with Crippen LogP contribution in [0, 0.1) is 0 Å². The average Bonchev–Trinajstić information content (AvgIpc) is 3.59. The number of nitrogens with zero attached hydrogens (tertiary/aromatic N) is 4. The van der Waals surface area contributed by atoms with Crippen molar-refractivity contribution in [2.75, 3.05) is 0 Å². The third kappa shape index (κ3) is 3.79. The van der Waals surface area contributed by atoms with Crippen molar-refractivity contribution in [2.45, 2.75) is 19.3 Å². The van der Waals surface area contributed by atoms with Crippen LogP contribution in [0.5, 0.6) is 0 Å². The summed E-state index contributed by atoms with van der Waals surface area (Å²) in [5, 5.41) is 4.84. The van der Waals surface area contributed by atoms with Gasteiger partial charge in [0.25, 0.3) is 0 Å². The molecule has 1 aliphatic rings. The van der Waals surface area contributed by atoms with E-state index in [2.05, 4.69) is 181 Å². The maximum absolute atomic E-state index is 5.53. The highest BCUT2D eigenvalue weighted by Crippen LogP contribution is 2.53. The van der Waals surface area contributed by atoms with Gasteiger partial charge in [-0.15, -0.1) is 0 Å². The van der Waals surface area contributed by atoms with Crippen LogP contribution in [0.25, 0.3) is 88.5 Å². The Bertz CT molecular complexity index is 3050. The van der Waals surface area contributed by atoms with Gasteiger partial charge in [-0.3, -0.25) is 4.57 Å². The molecule has 240 valence electrons. The van der Waals surface area contributed by atoms with Crippen LogP contribution in [0.2, 0.25) is 0 Å². The zero-order valence-corrected chi connectivity index (χ0v) is 28.3. The van der Waals surface area contributed by atoms with Gasteiger partial charge in [0.05, 0.1) is 33.1 Å². The molecule has 0 radical (unpaired) electrons. The Morgan fingerprint density at radius 1 is 0.431 bits per heavy atom. The largest absolute Gasteiger partial charge is 0.309 e. The summed E-state index contributed by atoms with van der Waals surface area (Å²) in [6.07, 6.45) is 0. The van der Waals surface area contributed by atoms with Crippen LogP contribution in [0.1, 0.15) is 25.0 Å². The third-order valence-corrected chi connectivity index (χ3v) is 11.1. The molecule has 0 atom stereocenters. The first-order valence-corrected chi connectivity index (χ1v) is 17.6. The molecular formula is C47H32N4. The number of hydrogen-bond donors (Lipinski definition) is 0. The third-order valence-electron chi connectivity index (χ3n) is 11.1. The maximum atomic E-state index is 5.53. The van der Waals surface area contributed by atoms with Crippen LogP contribution in [-0.2, 0) is 5.41 Å². The SMILES string of the molecule is CC1(C)c2ccccc2-c2cccc(-c3nc4ccccc4nc3-n3c4cccc5c6ccccc6n(-c6ccccc6)c6cccc3c6c54)c21. The summed E-state index contributed by atoms with van der Waals surface area (Å²) in [6, 6.07) is 56.7. The van der Waals surface area contributed by atoms with Gasteiger partial charge in [0, 0.05) is 32.8 Å². The van der Waals surface area contributed by atoms with Crippen molar-refractivity contribution in [1.29, 1.82) is 0 Å². The lowest BCUT2D eigenvalue weighted by Gasteiger charge is -2.25. The summed E-state index contributed by atoms with van der Waals surface area (Å²) in [6.45, 7) is 4.69. The van der Waals surface area contributed by atoms with Crippen molar-refractivity contribution < 1.29 is 0 Å². The Morgan fingerprint density at radius 3 is 1.84 bits per heavy atom. The zero-order valence-electron chi connectivity index (χ0n) is 28.3. The molecule has 0 unspecified atom stereocenters. The van der Waals surface area contributed by atoms with Crippen molar-refractivity contribution in [3.63, 3.8) is 0 Å². The predicted octanol–water partition coefficient (Wildman–Crippen LogP) is 11.8. The lowest BCUT2D eigenvalue weighted by Crippen LogP contribution is -2.17. The Labute approximate surface area is 294 Å². The van der Waals surface area contributed by atoms with Crippen molar-refractivity contribution in [3.05, 3.63) is 169 Å². The molecule has 0 fully saturated rings. The molecule has 10 aromatic rings. The standard InChI is InChI=1S/C47H32N4/c1-47(2)35-22-8-6-17-30(35)33-20-12-21-34(44(33)47)45-46(49-37-24-10-9-23-36(37)48-45)51-39-26-13-19-32-31-18-7-11-25-38(31)50(29-15-4-3-5-16-29)40-27-14-28-41(51)43(40)42(32)39/h3-28H,1-2H3. The molecule has 4 heteroatoms. The fourth-order valence-corrected chi connectivity index (χ4v) is 8.98. The first-order valence-electron chi connectivity index (χ1n) is 17.6. The molecule has 11 rings (SSSR count). The van der Waals surface area contributed by atoms with E-state index in [1.54, 1.807) is 0 Å². The van der Waals surface area contributed by atoms with Crippen LogP contribution in [0.15, 0.2) is 158 Å². The van der Waals surface area contributed by atoms with Crippen LogP contribution in [0.4, 0.5) is 0 Å². The second-order valence-corrected chi connectivity index (χ2v) is 14.2. The monoisotopic (exact) mass is 652 g/mol. The minimum atomic E-state index is -0.213. The van der Waals surface area contributed by atoms with E-state index in [0.717, 1.165) is 50.3 Å². The van der Waals surface area contributed by atoms with Crippen molar-refractivity contribution in [1.82, 2.24) is 19.1 Å². The van der Waals surface area contributed by atoms with Crippen LogP contribution < -0.4 is 0 Å². The average molecular weight is 653 g/mol. The van der Waals surface area contributed by atoms with Crippen molar-refractivity contribution in [2.24, 2.45) is 0 Å². The number of para-hydroxylation sites is 4. The van der Waals surface area contributed by atoms with E-state index >= 15 is 0 Å². The molecule has 3 aromatic heterocycles. The quantitative estimate of drug-likeness (QED) is 0.190. The molecule has 7 aromatic carbocycles. The number of fused-ring (bicyclic) bond motifs is 6. The molecule has 0 saturated carbocycles. The fourth-order valence-electron chi connectivity index (χ4n) is 8.98. The lowest BCUT2D eigenvalue weighted by atomic mass is 9.79. The smallest absolute Gasteiger partial charge is 0.165 e.